The average Bonchev–Trinajstić information content (AvgIpc) is 3.13. The van der Waals surface area contributed by atoms with Crippen molar-refractivity contribution < 1.29 is 4.79 Å². The van der Waals surface area contributed by atoms with Crippen LogP contribution in [-0.4, -0.2) is 37.5 Å². The lowest BCUT2D eigenvalue weighted by molar-refractivity contribution is -0.121. The minimum Gasteiger partial charge on any atom is -0.354 e. The summed E-state index contributed by atoms with van der Waals surface area (Å²) in [6.45, 7) is 0.270. The number of nitrogens with zero attached hydrogens (tertiary/aromatic N) is 6. The first-order chi connectivity index (χ1) is 11.1. The molecule has 1 aliphatic heterocycles. The van der Waals surface area contributed by atoms with Gasteiger partial charge in [-0.05, 0) is 6.07 Å². The highest BCUT2D eigenvalue weighted by Gasteiger charge is 2.38. The molecule has 0 fully saturated rings. The van der Waals surface area contributed by atoms with Crippen LogP contribution in [0.5, 0.6) is 0 Å². The molecule has 0 saturated carbocycles. The predicted molar refractivity (Wildman–Crippen MR) is 80.5 cm³/mol. The number of nitrogens with one attached hydrogen (secondary N) is 1. The van der Waals surface area contributed by atoms with Crippen molar-refractivity contribution in [3.63, 3.8) is 0 Å². The third-order valence-electron chi connectivity index (χ3n) is 3.62. The van der Waals surface area contributed by atoms with E-state index in [4.69, 9.17) is 6.42 Å². The molecule has 9 heteroatoms. The summed E-state index contributed by atoms with van der Waals surface area (Å²) in [5, 5.41) is 18.6. The molecule has 0 spiro atoms. The van der Waals surface area contributed by atoms with Crippen LogP contribution in [0.25, 0.3) is 5.52 Å². The third-order valence-corrected chi connectivity index (χ3v) is 3.62. The number of aromatic nitrogens is 4. The van der Waals surface area contributed by atoms with Crippen LogP contribution in [0.1, 0.15) is 19.3 Å². The molecule has 0 unspecified atom stereocenters. The molecule has 118 valence electrons. The van der Waals surface area contributed by atoms with Crippen LogP contribution in [0, 0.1) is 12.3 Å². The Balaban J connectivity index is 1.52. The van der Waals surface area contributed by atoms with Gasteiger partial charge in [0.15, 0.2) is 5.66 Å². The van der Waals surface area contributed by atoms with Crippen LogP contribution in [-0.2, 0) is 11.3 Å². The molecule has 23 heavy (non-hydrogen) atoms. The van der Waals surface area contributed by atoms with Gasteiger partial charge in [0.1, 0.15) is 18.4 Å². The van der Waals surface area contributed by atoms with Gasteiger partial charge < -0.3 is 5.32 Å². The van der Waals surface area contributed by atoms with Gasteiger partial charge in [0.25, 0.3) is 5.56 Å². The zero-order valence-electron chi connectivity index (χ0n) is 12.3. The van der Waals surface area contributed by atoms with Crippen LogP contribution in [0.15, 0.2) is 33.6 Å². The Hall–Kier alpha value is -3.02. The Labute approximate surface area is 131 Å². The lowest BCUT2D eigenvalue weighted by atomic mass is 10.0. The Morgan fingerprint density at radius 1 is 1.35 bits per heavy atom. The summed E-state index contributed by atoms with van der Waals surface area (Å²) in [6, 6.07) is 1.57. The highest BCUT2D eigenvalue weighted by Crippen LogP contribution is 2.35. The number of fused-ring (bicyclic) bond motifs is 1. The van der Waals surface area contributed by atoms with Crippen molar-refractivity contribution in [1.82, 2.24) is 24.7 Å². The van der Waals surface area contributed by atoms with Gasteiger partial charge >= 0.3 is 0 Å². The predicted octanol–water partition coefficient (Wildman–Crippen LogP) is -0.0272. The molecule has 0 radical (unpaired) electrons. The molecular formula is C14H15N7O2. The van der Waals surface area contributed by atoms with E-state index < -0.39 is 5.66 Å². The monoisotopic (exact) mass is 313 g/mol. The minimum atomic E-state index is -0.425. The molecule has 1 aliphatic rings. The Morgan fingerprint density at radius 3 is 2.91 bits per heavy atom. The van der Waals surface area contributed by atoms with Crippen molar-refractivity contribution in [2.45, 2.75) is 31.5 Å². The molecule has 1 amide bonds. The number of hydrogen-bond acceptors (Lipinski definition) is 6. The Kier molecular flexibility index (Phi) is 3.89. The first-order valence-corrected chi connectivity index (χ1v) is 7.17. The first-order valence-electron chi connectivity index (χ1n) is 7.17. The smallest absolute Gasteiger partial charge is 0.293 e. The summed E-state index contributed by atoms with van der Waals surface area (Å²) in [7, 11) is 0. The number of amides is 1. The fourth-order valence-corrected chi connectivity index (χ4v) is 2.25. The van der Waals surface area contributed by atoms with Crippen molar-refractivity contribution in [3.05, 3.63) is 28.9 Å². The second kappa shape index (κ2) is 6.00. The van der Waals surface area contributed by atoms with Gasteiger partial charge in [-0.3, -0.25) is 9.59 Å². The van der Waals surface area contributed by atoms with Crippen LogP contribution in [0.3, 0.4) is 0 Å². The van der Waals surface area contributed by atoms with Gasteiger partial charge in [0.2, 0.25) is 5.91 Å². The SMILES string of the molecule is C#CCCC1(CCNC(=O)Cn2ncn3nccc3c2=O)N=N1. The zero-order valence-corrected chi connectivity index (χ0v) is 12.3. The van der Waals surface area contributed by atoms with Crippen LogP contribution in [0.4, 0.5) is 0 Å². The van der Waals surface area contributed by atoms with Crippen LogP contribution in [0.2, 0.25) is 0 Å². The van der Waals surface area contributed by atoms with E-state index in [2.05, 4.69) is 31.7 Å². The van der Waals surface area contributed by atoms with Gasteiger partial charge in [-0.25, -0.2) is 9.20 Å². The van der Waals surface area contributed by atoms with Crippen molar-refractivity contribution in [2.24, 2.45) is 10.2 Å². The van der Waals surface area contributed by atoms with E-state index in [1.54, 1.807) is 6.07 Å². The van der Waals surface area contributed by atoms with Gasteiger partial charge in [-0.1, -0.05) is 0 Å². The van der Waals surface area contributed by atoms with Crippen molar-refractivity contribution in [1.29, 1.82) is 0 Å². The van der Waals surface area contributed by atoms with Crippen molar-refractivity contribution in [2.75, 3.05) is 6.54 Å². The zero-order chi connectivity index (χ0) is 16.3. The lowest BCUT2D eigenvalue weighted by Crippen LogP contribution is -2.35. The van der Waals surface area contributed by atoms with E-state index in [-0.39, 0.29) is 18.0 Å². The number of carbonyl (C=O) groups is 1. The Bertz CT molecular complexity index is 852. The molecule has 0 bridgehead atoms. The second-order valence-electron chi connectivity index (χ2n) is 5.24. The molecule has 3 rings (SSSR count). The number of terminal acetylenes is 1. The fourth-order valence-electron chi connectivity index (χ4n) is 2.25. The van der Waals surface area contributed by atoms with E-state index in [1.165, 1.54) is 17.0 Å². The molecule has 0 aliphatic carbocycles. The van der Waals surface area contributed by atoms with Crippen molar-refractivity contribution in [3.8, 4) is 12.3 Å². The minimum absolute atomic E-state index is 0.147. The summed E-state index contributed by atoms with van der Waals surface area (Å²) >= 11 is 0. The molecule has 9 nitrogen and oxygen atoms in total. The van der Waals surface area contributed by atoms with E-state index >= 15 is 0 Å². The van der Waals surface area contributed by atoms with E-state index in [1.807, 2.05) is 0 Å². The summed E-state index contributed by atoms with van der Waals surface area (Å²) in [6.07, 6.45) is 10.0. The normalized spacial score (nSPS) is 14.6. The maximum absolute atomic E-state index is 12.1. The third kappa shape index (κ3) is 3.26. The van der Waals surface area contributed by atoms with Crippen LogP contribution >= 0.6 is 0 Å². The maximum Gasteiger partial charge on any atom is 0.293 e. The number of hydrogen-bond donors (Lipinski definition) is 1. The largest absolute Gasteiger partial charge is 0.354 e. The molecule has 2 aromatic rings. The quantitative estimate of drug-likeness (QED) is 0.725. The second-order valence-corrected chi connectivity index (χ2v) is 5.24. The van der Waals surface area contributed by atoms with Gasteiger partial charge in [0, 0.05) is 25.8 Å². The number of rotatable bonds is 7. The maximum atomic E-state index is 12.1. The standard InChI is InChI=1S/C14H15N7O2/c1-2-3-5-14(18-19-14)6-8-15-12(22)9-20-13(23)11-4-7-16-21(11)10-17-20/h1,4,7,10H,3,5-6,8-9H2,(H,15,22). The number of carbonyl (C=O) groups excluding carboxylic acids is 1. The summed E-state index contributed by atoms with van der Waals surface area (Å²) in [5.74, 6) is 2.26. The summed E-state index contributed by atoms with van der Waals surface area (Å²) in [4.78, 5) is 24.0. The summed E-state index contributed by atoms with van der Waals surface area (Å²) < 4.78 is 2.47. The topological polar surface area (TPSA) is 106 Å². The first kappa shape index (κ1) is 14.9. The highest BCUT2D eigenvalue weighted by molar-refractivity contribution is 5.75. The Morgan fingerprint density at radius 2 is 2.17 bits per heavy atom. The molecule has 0 atom stereocenters. The lowest BCUT2D eigenvalue weighted by Gasteiger charge is -2.10. The average molecular weight is 313 g/mol. The van der Waals surface area contributed by atoms with E-state index in [0.717, 1.165) is 4.68 Å². The fraction of sp³-hybridized carbons (Fsp3) is 0.429. The molecule has 2 aromatic heterocycles. The van der Waals surface area contributed by atoms with Gasteiger partial charge in [0.05, 0.1) is 6.20 Å². The molecule has 0 aromatic carbocycles. The van der Waals surface area contributed by atoms with Gasteiger partial charge in [-0.2, -0.15) is 20.4 Å². The van der Waals surface area contributed by atoms with E-state index in [0.29, 0.717) is 31.3 Å². The molecule has 3 heterocycles. The van der Waals surface area contributed by atoms with Crippen molar-refractivity contribution >= 4 is 11.4 Å². The summed E-state index contributed by atoms with van der Waals surface area (Å²) in [5.41, 5.74) is -0.417. The highest BCUT2D eigenvalue weighted by atomic mass is 16.2. The molecule has 1 N–H and O–H groups in total. The van der Waals surface area contributed by atoms with E-state index in [9.17, 15) is 9.59 Å². The van der Waals surface area contributed by atoms with Crippen LogP contribution < -0.4 is 10.9 Å². The van der Waals surface area contributed by atoms with Gasteiger partial charge in [-0.15, -0.1) is 12.3 Å². The molecular weight excluding hydrogens is 298 g/mol. The molecule has 0 saturated heterocycles.